The van der Waals surface area contributed by atoms with Gasteiger partial charge in [-0.15, -0.1) is 0 Å². The number of carbonyl (C=O) groups is 2. The molecule has 0 saturated heterocycles. The zero-order valence-corrected chi connectivity index (χ0v) is 7.54. The summed E-state index contributed by atoms with van der Waals surface area (Å²) in [6.45, 7) is 0.651. The molecule has 3 rings (SSSR count). The Morgan fingerprint density at radius 1 is 1.29 bits per heavy atom. The second-order valence-corrected chi connectivity index (χ2v) is 3.77. The molecule has 0 spiro atoms. The summed E-state index contributed by atoms with van der Waals surface area (Å²) in [5, 5.41) is 3.16. The molecular weight excluding hydrogens is 178 g/mol. The molecule has 1 unspecified atom stereocenters. The molecule has 1 atom stereocenters. The fourth-order valence-corrected chi connectivity index (χ4v) is 2.30. The monoisotopic (exact) mass is 187 g/mol. The van der Waals surface area contributed by atoms with Crippen LogP contribution >= 0.6 is 0 Å². The van der Waals surface area contributed by atoms with E-state index < -0.39 is 0 Å². The third-order valence-electron chi connectivity index (χ3n) is 2.98. The quantitative estimate of drug-likeness (QED) is 0.623. The lowest BCUT2D eigenvalue weighted by Crippen LogP contribution is -2.24. The highest BCUT2D eigenvalue weighted by Crippen LogP contribution is 2.39. The van der Waals surface area contributed by atoms with Gasteiger partial charge in [-0.1, -0.05) is 12.1 Å². The maximum atomic E-state index is 11.6. The molecule has 0 aromatic heterocycles. The molecule has 70 valence electrons. The summed E-state index contributed by atoms with van der Waals surface area (Å²) < 4.78 is 0. The van der Waals surface area contributed by atoms with Crippen molar-refractivity contribution in [1.29, 1.82) is 0 Å². The van der Waals surface area contributed by atoms with Crippen LogP contribution in [0.1, 0.15) is 28.3 Å². The maximum absolute atomic E-state index is 11.6. The molecule has 0 saturated carbocycles. The lowest BCUT2D eigenvalue weighted by Gasteiger charge is -2.17. The van der Waals surface area contributed by atoms with Crippen molar-refractivity contribution in [2.24, 2.45) is 0 Å². The van der Waals surface area contributed by atoms with Gasteiger partial charge < -0.3 is 5.32 Å². The summed E-state index contributed by atoms with van der Waals surface area (Å²) in [5.74, 6) is -0.0642. The van der Waals surface area contributed by atoms with Gasteiger partial charge in [-0.05, 0) is 11.6 Å². The van der Waals surface area contributed by atoms with E-state index in [4.69, 9.17) is 0 Å². The van der Waals surface area contributed by atoms with Gasteiger partial charge in [0.15, 0.2) is 5.78 Å². The molecule has 1 heterocycles. The topological polar surface area (TPSA) is 46.2 Å². The fraction of sp³-hybridized carbons (Fsp3) is 0.273. The van der Waals surface area contributed by atoms with Crippen LogP contribution in [0, 0.1) is 0 Å². The van der Waals surface area contributed by atoms with Gasteiger partial charge in [0.1, 0.15) is 5.78 Å². The Balaban J connectivity index is 2.31. The lowest BCUT2D eigenvalue weighted by atomic mass is 9.82. The first-order valence-corrected chi connectivity index (χ1v) is 4.70. The van der Waals surface area contributed by atoms with Crippen LogP contribution in [0.3, 0.4) is 0 Å². The molecule has 1 aliphatic heterocycles. The second kappa shape index (κ2) is 2.44. The minimum Gasteiger partial charge on any atom is -0.384 e. The van der Waals surface area contributed by atoms with E-state index in [0.717, 1.165) is 16.8 Å². The average molecular weight is 187 g/mol. The SMILES string of the molecule is O=C1CC(=O)C2CNc3cccc1c32. The van der Waals surface area contributed by atoms with Crippen molar-refractivity contribution in [3.63, 3.8) is 0 Å². The molecular formula is C11H9NO2. The summed E-state index contributed by atoms with van der Waals surface area (Å²) in [6, 6.07) is 5.59. The van der Waals surface area contributed by atoms with Gasteiger partial charge in [-0.25, -0.2) is 0 Å². The van der Waals surface area contributed by atoms with E-state index in [0.29, 0.717) is 6.54 Å². The number of hydrogen-bond acceptors (Lipinski definition) is 3. The van der Waals surface area contributed by atoms with Crippen LogP contribution in [0.2, 0.25) is 0 Å². The van der Waals surface area contributed by atoms with Gasteiger partial charge in [0, 0.05) is 17.8 Å². The molecule has 1 aromatic rings. The molecule has 0 amide bonds. The highest BCUT2D eigenvalue weighted by Gasteiger charge is 2.37. The van der Waals surface area contributed by atoms with Crippen LogP contribution in [0.15, 0.2) is 18.2 Å². The van der Waals surface area contributed by atoms with Crippen molar-refractivity contribution < 1.29 is 9.59 Å². The number of rotatable bonds is 0. The highest BCUT2D eigenvalue weighted by molar-refractivity contribution is 6.16. The molecule has 14 heavy (non-hydrogen) atoms. The average Bonchev–Trinajstić information content (AvgIpc) is 2.59. The van der Waals surface area contributed by atoms with Crippen molar-refractivity contribution >= 4 is 17.3 Å². The summed E-state index contributed by atoms with van der Waals surface area (Å²) >= 11 is 0. The van der Waals surface area contributed by atoms with E-state index in [-0.39, 0.29) is 23.9 Å². The van der Waals surface area contributed by atoms with Gasteiger partial charge in [0.2, 0.25) is 0 Å². The fourth-order valence-electron chi connectivity index (χ4n) is 2.30. The van der Waals surface area contributed by atoms with E-state index in [9.17, 15) is 9.59 Å². The first-order valence-electron chi connectivity index (χ1n) is 4.70. The first-order chi connectivity index (χ1) is 6.77. The number of Topliss-reactive ketones (excluding diaryl/α,β-unsaturated/α-hetero) is 2. The van der Waals surface area contributed by atoms with Gasteiger partial charge in [0.25, 0.3) is 0 Å². The second-order valence-electron chi connectivity index (χ2n) is 3.77. The third kappa shape index (κ3) is 0.816. The number of benzene rings is 1. The van der Waals surface area contributed by atoms with Crippen molar-refractivity contribution in [3.8, 4) is 0 Å². The zero-order chi connectivity index (χ0) is 9.71. The number of ketones is 2. The Morgan fingerprint density at radius 2 is 2.14 bits per heavy atom. The molecule has 0 bridgehead atoms. The molecule has 1 aliphatic carbocycles. The predicted octanol–water partition coefficient (Wildman–Crippen LogP) is 1.35. The van der Waals surface area contributed by atoms with Gasteiger partial charge >= 0.3 is 0 Å². The third-order valence-corrected chi connectivity index (χ3v) is 2.98. The number of anilines is 1. The van der Waals surface area contributed by atoms with Gasteiger partial charge in [0.05, 0.1) is 12.3 Å². The summed E-state index contributed by atoms with van der Waals surface area (Å²) in [6.07, 6.45) is 0.0722. The van der Waals surface area contributed by atoms with Crippen molar-refractivity contribution in [3.05, 3.63) is 29.3 Å². The highest BCUT2D eigenvalue weighted by atomic mass is 16.1. The summed E-state index contributed by atoms with van der Waals surface area (Å²) in [4.78, 5) is 23.1. The molecule has 3 heteroatoms. The van der Waals surface area contributed by atoms with Crippen LogP contribution in [-0.2, 0) is 4.79 Å². The Hall–Kier alpha value is -1.64. The number of hydrogen-bond donors (Lipinski definition) is 1. The van der Waals surface area contributed by atoms with Crippen LogP contribution in [-0.4, -0.2) is 18.1 Å². The predicted molar refractivity (Wildman–Crippen MR) is 51.6 cm³/mol. The van der Waals surface area contributed by atoms with E-state index in [2.05, 4.69) is 5.32 Å². The molecule has 1 aromatic carbocycles. The number of nitrogens with one attached hydrogen (secondary N) is 1. The Labute approximate surface area is 81.1 Å². The molecule has 0 fully saturated rings. The van der Waals surface area contributed by atoms with Gasteiger partial charge in [-0.2, -0.15) is 0 Å². The molecule has 1 N–H and O–H groups in total. The zero-order valence-electron chi connectivity index (χ0n) is 7.54. The Kier molecular flexibility index (Phi) is 1.35. The van der Waals surface area contributed by atoms with Crippen LogP contribution < -0.4 is 5.32 Å². The van der Waals surface area contributed by atoms with E-state index in [1.807, 2.05) is 18.2 Å². The minimum atomic E-state index is -0.0844. The Morgan fingerprint density at radius 3 is 3.00 bits per heavy atom. The summed E-state index contributed by atoms with van der Waals surface area (Å²) in [7, 11) is 0. The molecule has 2 aliphatic rings. The minimum absolute atomic E-state index is 0.0354. The van der Waals surface area contributed by atoms with Gasteiger partial charge in [-0.3, -0.25) is 9.59 Å². The van der Waals surface area contributed by atoms with Crippen molar-refractivity contribution in [2.75, 3.05) is 11.9 Å². The standard InChI is InChI=1S/C11H9NO2/c13-9-4-10(14)7-5-12-8-3-1-2-6(9)11(7)8/h1-3,7,12H,4-5H2. The lowest BCUT2D eigenvalue weighted by molar-refractivity contribution is -0.119. The van der Waals surface area contributed by atoms with Crippen molar-refractivity contribution in [2.45, 2.75) is 12.3 Å². The smallest absolute Gasteiger partial charge is 0.170 e. The van der Waals surface area contributed by atoms with Crippen molar-refractivity contribution in [1.82, 2.24) is 0 Å². The normalized spacial score (nSPS) is 23.3. The maximum Gasteiger partial charge on any atom is 0.170 e. The largest absolute Gasteiger partial charge is 0.384 e. The van der Waals surface area contributed by atoms with Crippen LogP contribution in [0.25, 0.3) is 0 Å². The Bertz CT molecular complexity index is 451. The summed E-state index contributed by atoms with van der Waals surface area (Å²) in [5.41, 5.74) is 2.61. The van der Waals surface area contributed by atoms with E-state index in [1.54, 1.807) is 0 Å². The number of carbonyl (C=O) groups excluding carboxylic acids is 2. The van der Waals surface area contributed by atoms with Crippen LogP contribution in [0.5, 0.6) is 0 Å². The molecule has 3 nitrogen and oxygen atoms in total. The first kappa shape index (κ1) is 7.74. The van der Waals surface area contributed by atoms with E-state index in [1.165, 1.54) is 0 Å². The van der Waals surface area contributed by atoms with E-state index >= 15 is 0 Å². The van der Waals surface area contributed by atoms with Crippen LogP contribution in [0.4, 0.5) is 5.69 Å². The molecule has 0 radical (unpaired) electrons.